The maximum absolute atomic E-state index is 6.18. The zero-order valence-electron chi connectivity index (χ0n) is 12.3. The standard InChI is InChI=1S/C14H25N3OS/c1-9(2)11-6-5-10(3)7-13(11)18-8-12-14(15-4)19-17-16-12/h9-11,13,15H,5-8H2,1-4H3. The third kappa shape index (κ3) is 3.66. The van der Waals surface area contributed by atoms with Gasteiger partial charge in [-0.05, 0) is 30.6 Å². The first-order chi connectivity index (χ1) is 9.11. The molecule has 4 nitrogen and oxygen atoms in total. The smallest absolute Gasteiger partial charge is 0.135 e. The molecule has 108 valence electrons. The lowest BCUT2D eigenvalue weighted by Crippen LogP contribution is -2.34. The molecule has 1 N–H and O–H groups in total. The second kappa shape index (κ2) is 6.66. The monoisotopic (exact) mass is 283 g/mol. The van der Waals surface area contributed by atoms with E-state index in [0.29, 0.717) is 24.5 Å². The summed E-state index contributed by atoms with van der Waals surface area (Å²) < 4.78 is 10.2. The number of hydrogen-bond donors (Lipinski definition) is 1. The summed E-state index contributed by atoms with van der Waals surface area (Å²) in [5.41, 5.74) is 0.938. The van der Waals surface area contributed by atoms with Crippen molar-refractivity contribution in [3.05, 3.63) is 5.69 Å². The van der Waals surface area contributed by atoms with Crippen LogP contribution < -0.4 is 5.32 Å². The van der Waals surface area contributed by atoms with Crippen LogP contribution in [-0.2, 0) is 11.3 Å². The molecule has 3 unspecified atom stereocenters. The lowest BCUT2D eigenvalue weighted by Gasteiger charge is -2.37. The minimum atomic E-state index is 0.371. The first-order valence-corrected chi connectivity index (χ1v) is 7.99. The second-order valence-electron chi connectivity index (χ2n) is 5.97. The predicted octanol–water partition coefficient (Wildman–Crippen LogP) is 3.56. The van der Waals surface area contributed by atoms with E-state index in [2.05, 4.69) is 35.7 Å². The van der Waals surface area contributed by atoms with Crippen molar-refractivity contribution in [3.8, 4) is 0 Å². The molecular formula is C14H25N3OS. The minimum Gasteiger partial charge on any atom is -0.377 e. The van der Waals surface area contributed by atoms with Gasteiger partial charge in [-0.2, -0.15) is 0 Å². The zero-order valence-corrected chi connectivity index (χ0v) is 13.2. The summed E-state index contributed by atoms with van der Waals surface area (Å²) in [4.78, 5) is 0. The quantitative estimate of drug-likeness (QED) is 0.897. The molecule has 0 bridgehead atoms. The lowest BCUT2D eigenvalue weighted by molar-refractivity contribution is -0.0481. The number of ether oxygens (including phenoxy) is 1. The average molecular weight is 283 g/mol. The van der Waals surface area contributed by atoms with Crippen LogP contribution in [0.3, 0.4) is 0 Å². The number of anilines is 1. The van der Waals surface area contributed by atoms with Gasteiger partial charge in [-0.15, -0.1) is 5.10 Å². The van der Waals surface area contributed by atoms with Crippen LogP contribution in [0.25, 0.3) is 0 Å². The number of nitrogens with one attached hydrogen (secondary N) is 1. The Hall–Kier alpha value is -0.680. The summed E-state index contributed by atoms with van der Waals surface area (Å²) in [5.74, 6) is 2.15. The van der Waals surface area contributed by atoms with Gasteiger partial charge in [0, 0.05) is 18.6 Å². The van der Waals surface area contributed by atoms with Crippen LogP contribution in [0.4, 0.5) is 5.00 Å². The molecule has 1 heterocycles. The summed E-state index contributed by atoms with van der Waals surface area (Å²) in [5, 5.41) is 8.28. The Morgan fingerprint density at radius 3 is 2.89 bits per heavy atom. The highest BCUT2D eigenvalue weighted by molar-refractivity contribution is 7.10. The highest BCUT2D eigenvalue weighted by Crippen LogP contribution is 2.36. The van der Waals surface area contributed by atoms with Crippen molar-refractivity contribution in [1.29, 1.82) is 0 Å². The van der Waals surface area contributed by atoms with E-state index in [4.69, 9.17) is 4.74 Å². The topological polar surface area (TPSA) is 47.0 Å². The fourth-order valence-corrected chi connectivity index (χ4v) is 3.50. The van der Waals surface area contributed by atoms with E-state index in [9.17, 15) is 0 Å². The Kier molecular flexibility index (Phi) is 5.16. The van der Waals surface area contributed by atoms with Crippen molar-refractivity contribution >= 4 is 16.5 Å². The molecule has 1 fully saturated rings. The van der Waals surface area contributed by atoms with Crippen molar-refractivity contribution in [3.63, 3.8) is 0 Å². The normalized spacial score (nSPS) is 27.7. The van der Waals surface area contributed by atoms with Gasteiger partial charge >= 0.3 is 0 Å². The molecule has 5 heteroatoms. The van der Waals surface area contributed by atoms with Gasteiger partial charge in [-0.1, -0.05) is 31.7 Å². The molecule has 0 spiro atoms. The van der Waals surface area contributed by atoms with Crippen LogP contribution in [0.1, 0.15) is 45.7 Å². The van der Waals surface area contributed by atoms with Crippen molar-refractivity contribution in [1.82, 2.24) is 9.59 Å². The van der Waals surface area contributed by atoms with Crippen LogP contribution in [0.2, 0.25) is 0 Å². The molecule has 0 amide bonds. The van der Waals surface area contributed by atoms with Crippen molar-refractivity contribution < 1.29 is 4.74 Å². The number of aromatic nitrogens is 2. The Morgan fingerprint density at radius 1 is 1.42 bits per heavy atom. The van der Waals surface area contributed by atoms with Gasteiger partial charge in [0.2, 0.25) is 0 Å². The lowest BCUT2D eigenvalue weighted by atomic mass is 9.75. The van der Waals surface area contributed by atoms with Gasteiger partial charge in [0.05, 0.1) is 12.7 Å². The third-order valence-electron chi connectivity index (χ3n) is 4.18. The summed E-state index contributed by atoms with van der Waals surface area (Å²) in [6.45, 7) is 7.52. The Morgan fingerprint density at radius 2 is 2.21 bits per heavy atom. The van der Waals surface area contributed by atoms with Crippen LogP contribution >= 0.6 is 11.5 Å². The van der Waals surface area contributed by atoms with E-state index in [1.165, 1.54) is 30.8 Å². The molecule has 1 aromatic heterocycles. The third-order valence-corrected chi connectivity index (χ3v) is 4.96. The maximum Gasteiger partial charge on any atom is 0.135 e. The molecule has 0 aliphatic heterocycles. The van der Waals surface area contributed by atoms with Gasteiger partial charge in [-0.25, -0.2) is 0 Å². The van der Waals surface area contributed by atoms with E-state index in [-0.39, 0.29) is 0 Å². The number of rotatable bonds is 5. The molecule has 3 atom stereocenters. The molecular weight excluding hydrogens is 258 g/mol. The molecule has 1 aliphatic rings. The molecule has 1 saturated carbocycles. The minimum absolute atomic E-state index is 0.371. The van der Waals surface area contributed by atoms with Crippen molar-refractivity contribution in [2.75, 3.05) is 12.4 Å². The van der Waals surface area contributed by atoms with Crippen molar-refractivity contribution in [2.24, 2.45) is 17.8 Å². The number of nitrogens with zero attached hydrogens (tertiary/aromatic N) is 2. The highest BCUT2D eigenvalue weighted by atomic mass is 32.1. The molecule has 1 aromatic rings. The van der Waals surface area contributed by atoms with E-state index < -0.39 is 0 Å². The van der Waals surface area contributed by atoms with E-state index in [0.717, 1.165) is 16.6 Å². The van der Waals surface area contributed by atoms with Crippen LogP contribution in [0.5, 0.6) is 0 Å². The SMILES string of the molecule is CNc1snnc1COC1CC(C)CCC1C(C)C. The number of hydrogen-bond acceptors (Lipinski definition) is 5. The molecule has 1 aliphatic carbocycles. The maximum atomic E-state index is 6.18. The highest BCUT2D eigenvalue weighted by Gasteiger charge is 2.31. The second-order valence-corrected chi connectivity index (χ2v) is 6.73. The molecule has 19 heavy (non-hydrogen) atoms. The summed E-state index contributed by atoms with van der Waals surface area (Å²) in [6.07, 6.45) is 4.17. The van der Waals surface area contributed by atoms with Gasteiger partial charge in [0.15, 0.2) is 0 Å². The first kappa shape index (κ1) is 14.7. The van der Waals surface area contributed by atoms with Crippen LogP contribution in [-0.4, -0.2) is 22.7 Å². The molecule has 0 saturated heterocycles. The largest absolute Gasteiger partial charge is 0.377 e. The fraction of sp³-hybridized carbons (Fsp3) is 0.857. The van der Waals surface area contributed by atoms with E-state index in [1.807, 2.05) is 7.05 Å². The van der Waals surface area contributed by atoms with Gasteiger partial charge in [0.1, 0.15) is 10.7 Å². The van der Waals surface area contributed by atoms with Crippen LogP contribution in [0, 0.1) is 17.8 Å². The Labute approximate surface area is 120 Å². The summed E-state index contributed by atoms with van der Waals surface area (Å²) >= 11 is 1.39. The van der Waals surface area contributed by atoms with Gasteiger partial charge < -0.3 is 10.1 Å². The zero-order chi connectivity index (χ0) is 13.8. The fourth-order valence-electron chi connectivity index (χ4n) is 2.99. The predicted molar refractivity (Wildman–Crippen MR) is 79.4 cm³/mol. The molecule has 0 aromatic carbocycles. The van der Waals surface area contributed by atoms with Crippen LogP contribution in [0.15, 0.2) is 0 Å². The van der Waals surface area contributed by atoms with Gasteiger partial charge in [-0.3, -0.25) is 0 Å². The van der Waals surface area contributed by atoms with Crippen molar-refractivity contribution in [2.45, 2.75) is 52.7 Å². The molecule has 0 radical (unpaired) electrons. The van der Waals surface area contributed by atoms with E-state index in [1.54, 1.807) is 0 Å². The average Bonchev–Trinajstić information content (AvgIpc) is 2.83. The van der Waals surface area contributed by atoms with E-state index >= 15 is 0 Å². The summed E-state index contributed by atoms with van der Waals surface area (Å²) in [7, 11) is 1.90. The summed E-state index contributed by atoms with van der Waals surface area (Å²) in [6, 6.07) is 0. The Balaban J connectivity index is 1.95. The van der Waals surface area contributed by atoms with Gasteiger partial charge in [0.25, 0.3) is 0 Å². The Bertz CT molecular complexity index is 394. The first-order valence-electron chi connectivity index (χ1n) is 7.22. The molecule has 2 rings (SSSR count).